The number of hydrogen-bond acceptors (Lipinski definition) is 2. The Morgan fingerprint density at radius 2 is 1.73 bits per heavy atom. The monoisotopic (exact) mass is 295 g/mol. The quantitative estimate of drug-likeness (QED) is 0.870. The largest absolute Gasteiger partial charge is 0.483 e. The van der Waals surface area contributed by atoms with Crippen molar-refractivity contribution in [1.82, 2.24) is 4.90 Å². The Bertz CT molecular complexity index is 673. The fourth-order valence-corrected chi connectivity index (χ4v) is 2.96. The van der Waals surface area contributed by atoms with Crippen LogP contribution in [0.25, 0.3) is 0 Å². The molecule has 1 heterocycles. The minimum absolute atomic E-state index is 0.0529. The van der Waals surface area contributed by atoms with Gasteiger partial charge in [-0.3, -0.25) is 4.79 Å². The van der Waals surface area contributed by atoms with Crippen molar-refractivity contribution in [3.8, 4) is 5.75 Å². The highest BCUT2D eigenvalue weighted by atomic mass is 16.5. The Balaban J connectivity index is 1.64. The second kappa shape index (κ2) is 6.22. The van der Waals surface area contributed by atoms with Gasteiger partial charge >= 0.3 is 0 Å². The first kappa shape index (κ1) is 14.6. The van der Waals surface area contributed by atoms with Crippen molar-refractivity contribution in [3.63, 3.8) is 0 Å². The van der Waals surface area contributed by atoms with E-state index < -0.39 is 0 Å². The molecular weight excluding hydrogens is 274 g/mol. The zero-order valence-corrected chi connectivity index (χ0v) is 13.1. The number of para-hydroxylation sites is 1. The van der Waals surface area contributed by atoms with Crippen LogP contribution in [0.5, 0.6) is 5.75 Å². The predicted octanol–water partition coefficient (Wildman–Crippen LogP) is 3.27. The molecule has 2 aromatic carbocycles. The Morgan fingerprint density at radius 1 is 1.05 bits per heavy atom. The molecule has 0 spiro atoms. The minimum Gasteiger partial charge on any atom is -0.483 e. The van der Waals surface area contributed by atoms with Crippen LogP contribution in [0.4, 0.5) is 0 Å². The summed E-state index contributed by atoms with van der Waals surface area (Å²) in [6, 6.07) is 14.3. The minimum atomic E-state index is 0.0529. The van der Waals surface area contributed by atoms with Gasteiger partial charge in [0, 0.05) is 13.1 Å². The first-order valence-corrected chi connectivity index (χ1v) is 7.69. The van der Waals surface area contributed by atoms with Crippen LogP contribution in [0.2, 0.25) is 0 Å². The van der Waals surface area contributed by atoms with E-state index in [2.05, 4.69) is 18.2 Å². The number of rotatable bonds is 3. The van der Waals surface area contributed by atoms with E-state index >= 15 is 0 Å². The van der Waals surface area contributed by atoms with Gasteiger partial charge in [-0.1, -0.05) is 42.5 Å². The fourth-order valence-electron chi connectivity index (χ4n) is 2.96. The molecule has 0 aromatic heterocycles. The van der Waals surface area contributed by atoms with Crippen LogP contribution in [0.3, 0.4) is 0 Å². The van der Waals surface area contributed by atoms with E-state index in [9.17, 15) is 4.79 Å². The molecular formula is C19H21NO2. The lowest BCUT2D eigenvalue weighted by molar-refractivity contribution is -0.134. The molecule has 3 heteroatoms. The third-order valence-corrected chi connectivity index (χ3v) is 4.23. The van der Waals surface area contributed by atoms with Crippen LogP contribution >= 0.6 is 0 Å². The molecule has 0 aliphatic carbocycles. The number of nitrogens with zero attached hydrogens (tertiary/aromatic N) is 1. The summed E-state index contributed by atoms with van der Waals surface area (Å²) in [5.74, 6) is 0.880. The van der Waals surface area contributed by atoms with Crippen LogP contribution in [0.15, 0.2) is 42.5 Å². The Kier molecular flexibility index (Phi) is 4.14. The molecule has 0 atom stereocenters. The second-order valence-corrected chi connectivity index (χ2v) is 5.84. The number of amides is 1. The van der Waals surface area contributed by atoms with Gasteiger partial charge in [0.25, 0.3) is 5.91 Å². The molecule has 3 nitrogen and oxygen atoms in total. The SMILES string of the molecule is Cc1cccc(C)c1OCC(=O)N1CCc2ccccc2C1. The van der Waals surface area contributed by atoms with Crippen LogP contribution in [0, 0.1) is 13.8 Å². The summed E-state index contributed by atoms with van der Waals surface area (Å²) in [6.45, 7) is 5.57. The summed E-state index contributed by atoms with van der Waals surface area (Å²) in [7, 11) is 0. The van der Waals surface area contributed by atoms with Gasteiger partial charge in [-0.2, -0.15) is 0 Å². The number of carbonyl (C=O) groups is 1. The number of ether oxygens (including phenoxy) is 1. The molecule has 114 valence electrons. The van der Waals surface area contributed by atoms with Crippen molar-refractivity contribution >= 4 is 5.91 Å². The molecule has 0 radical (unpaired) electrons. The van der Waals surface area contributed by atoms with E-state index in [-0.39, 0.29) is 12.5 Å². The average Bonchev–Trinajstić information content (AvgIpc) is 2.53. The summed E-state index contributed by atoms with van der Waals surface area (Å²) < 4.78 is 5.78. The van der Waals surface area contributed by atoms with Gasteiger partial charge in [0.2, 0.25) is 0 Å². The maximum absolute atomic E-state index is 12.4. The van der Waals surface area contributed by atoms with E-state index in [1.165, 1.54) is 11.1 Å². The predicted molar refractivity (Wildman–Crippen MR) is 87.0 cm³/mol. The van der Waals surface area contributed by atoms with Gasteiger partial charge in [-0.15, -0.1) is 0 Å². The summed E-state index contributed by atoms with van der Waals surface area (Å²) in [5, 5.41) is 0. The first-order chi connectivity index (χ1) is 10.6. The third kappa shape index (κ3) is 2.98. The molecule has 2 aromatic rings. The molecule has 1 aliphatic heterocycles. The summed E-state index contributed by atoms with van der Waals surface area (Å²) in [6.07, 6.45) is 0.922. The lowest BCUT2D eigenvalue weighted by atomic mass is 10.00. The number of hydrogen-bond donors (Lipinski definition) is 0. The van der Waals surface area contributed by atoms with Crippen molar-refractivity contribution in [1.29, 1.82) is 0 Å². The zero-order valence-electron chi connectivity index (χ0n) is 13.1. The molecule has 0 fully saturated rings. The standard InChI is InChI=1S/C19H21NO2/c1-14-6-5-7-15(2)19(14)22-13-18(21)20-11-10-16-8-3-4-9-17(16)12-20/h3-9H,10-13H2,1-2H3. The number of fused-ring (bicyclic) bond motifs is 1. The van der Waals surface area contributed by atoms with E-state index in [1.54, 1.807) is 0 Å². The van der Waals surface area contributed by atoms with Gasteiger partial charge in [0.15, 0.2) is 6.61 Å². The molecule has 0 bridgehead atoms. The Labute approximate surface area is 131 Å². The van der Waals surface area contributed by atoms with Crippen LogP contribution in [-0.2, 0) is 17.8 Å². The fraction of sp³-hybridized carbons (Fsp3) is 0.316. The van der Waals surface area contributed by atoms with Crippen LogP contribution in [-0.4, -0.2) is 24.0 Å². The zero-order chi connectivity index (χ0) is 15.5. The topological polar surface area (TPSA) is 29.5 Å². The van der Waals surface area contributed by atoms with Gasteiger partial charge < -0.3 is 9.64 Å². The van der Waals surface area contributed by atoms with E-state index in [0.29, 0.717) is 6.54 Å². The molecule has 0 unspecified atom stereocenters. The lowest BCUT2D eigenvalue weighted by Gasteiger charge is -2.29. The molecule has 22 heavy (non-hydrogen) atoms. The van der Waals surface area contributed by atoms with Crippen molar-refractivity contribution in [2.75, 3.05) is 13.2 Å². The van der Waals surface area contributed by atoms with Crippen molar-refractivity contribution in [3.05, 3.63) is 64.7 Å². The Hall–Kier alpha value is -2.29. The highest BCUT2D eigenvalue weighted by Gasteiger charge is 2.20. The normalized spacial score (nSPS) is 13.6. The first-order valence-electron chi connectivity index (χ1n) is 7.69. The van der Waals surface area contributed by atoms with Gasteiger partial charge in [-0.25, -0.2) is 0 Å². The number of aryl methyl sites for hydroxylation is 2. The van der Waals surface area contributed by atoms with E-state index in [0.717, 1.165) is 29.8 Å². The average molecular weight is 295 g/mol. The van der Waals surface area contributed by atoms with Crippen molar-refractivity contribution in [2.45, 2.75) is 26.8 Å². The maximum Gasteiger partial charge on any atom is 0.260 e. The van der Waals surface area contributed by atoms with Crippen LogP contribution < -0.4 is 4.74 Å². The molecule has 0 N–H and O–H groups in total. The lowest BCUT2D eigenvalue weighted by Crippen LogP contribution is -2.38. The number of carbonyl (C=O) groups excluding carboxylic acids is 1. The molecule has 1 aliphatic rings. The third-order valence-electron chi connectivity index (χ3n) is 4.23. The molecule has 3 rings (SSSR count). The van der Waals surface area contributed by atoms with E-state index in [1.807, 2.05) is 43.0 Å². The van der Waals surface area contributed by atoms with Gasteiger partial charge in [0.05, 0.1) is 0 Å². The smallest absolute Gasteiger partial charge is 0.260 e. The molecule has 0 saturated carbocycles. The van der Waals surface area contributed by atoms with Crippen molar-refractivity contribution in [2.24, 2.45) is 0 Å². The van der Waals surface area contributed by atoms with E-state index in [4.69, 9.17) is 4.74 Å². The summed E-state index contributed by atoms with van der Waals surface area (Å²) >= 11 is 0. The number of benzene rings is 2. The summed E-state index contributed by atoms with van der Waals surface area (Å²) in [5.41, 5.74) is 4.73. The molecule has 0 saturated heterocycles. The van der Waals surface area contributed by atoms with Crippen LogP contribution in [0.1, 0.15) is 22.3 Å². The van der Waals surface area contributed by atoms with Gasteiger partial charge in [-0.05, 0) is 42.5 Å². The highest BCUT2D eigenvalue weighted by molar-refractivity contribution is 5.78. The second-order valence-electron chi connectivity index (χ2n) is 5.84. The Morgan fingerprint density at radius 3 is 2.45 bits per heavy atom. The molecule has 1 amide bonds. The highest BCUT2D eigenvalue weighted by Crippen LogP contribution is 2.23. The van der Waals surface area contributed by atoms with Crippen molar-refractivity contribution < 1.29 is 9.53 Å². The summed E-state index contributed by atoms with van der Waals surface area (Å²) in [4.78, 5) is 14.3. The maximum atomic E-state index is 12.4. The van der Waals surface area contributed by atoms with Gasteiger partial charge in [0.1, 0.15) is 5.75 Å².